The molecule has 1 aromatic rings. The third-order valence-electron chi connectivity index (χ3n) is 2.59. The molecule has 0 amide bonds. The normalized spacial score (nSPS) is 13.6. The highest BCUT2D eigenvalue weighted by atomic mass is 32.2. The summed E-state index contributed by atoms with van der Waals surface area (Å²) < 4.78 is 32.2. The van der Waals surface area contributed by atoms with Crippen molar-refractivity contribution in [1.82, 2.24) is 10.0 Å². The molecule has 1 rings (SSSR count). The smallest absolute Gasteiger partial charge is 0.250 e. The summed E-state index contributed by atoms with van der Waals surface area (Å²) in [5.74, 6) is 0. The van der Waals surface area contributed by atoms with Gasteiger partial charge in [-0.1, -0.05) is 6.92 Å². The highest BCUT2D eigenvalue weighted by Crippen LogP contribution is 2.20. The van der Waals surface area contributed by atoms with E-state index in [1.54, 1.807) is 13.2 Å². The van der Waals surface area contributed by atoms with E-state index >= 15 is 0 Å². The number of nitrogens with one attached hydrogen (secondary N) is 2. The van der Waals surface area contributed by atoms with Crippen molar-refractivity contribution in [3.63, 3.8) is 0 Å². The van der Waals surface area contributed by atoms with Crippen molar-refractivity contribution in [2.75, 3.05) is 20.3 Å². The zero-order valence-electron chi connectivity index (χ0n) is 11.6. The maximum atomic E-state index is 12.1. The molecule has 0 aromatic carbocycles. The van der Waals surface area contributed by atoms with Crippen LogP contribution in [-0.4, -0.2) is 34.7 Å². The molecule has 0 saturated carbocycles. The predicted octanol–water partition coefficient (Wildman–Crippen LogP) is 1.56. The average molecular weight is 306 g/mol. The lowest BCUT2D eigenvalue weighted by atomic mass is 10.3. The highest BCUT2D eigenvalue weighted by Gasteiger charge is 2.19. The molecule has 0 aliphatic carbocycles. The van der Waals surface area contributed by atoms with Gasteiger partial charge in [-0.3, -0.25) is 0 Å². The average Bonchev–Trinajstić information content (AvgIpc) is 2.83. The van der Waals surface area contributed by atoms with Crippen LogP contribution in [0.15, 0.2) is 15.7 Å². The van der Waals surface area contributed by atoms with Crippen LogP contribution < -0.4 is 10.0 Å². The van der Waals surface area contributed by atoms with Gasteiger partial charge in [0.05, 0.1) is 0 Å². The maximum Gasteiger partial charge on any atom is 0.250 e. The molecule has 7 heteroatoms. The molecule has 110 valence electrons. The summed E-state index contributed by atoms with van der Waals surface area (Å²) >= 11 is 1.25. The van der Waals surface area contributed by atoms with Gasteiger partial charge >= 0.3 is 0 Å². The Kier molecular flexibility index (Phi) is 6.95. The summed E-state index contributed by atoms with van der Waals surface area (Å²) in [7, 11) is -1.80. The second kappa shape index (κ2) is 7.96. The summed E-state index contributed by atoms with van der Waals surface area (Å²) in [5.41, 5.74) is 0.997. The second-order valence-corrected chi connectivity index (χ2v) is 7.21. The predicted molar refractivity (Wildman–Crippen MR) is 78.0 cm³/mol. The van der Waals surface area contributed by atoms with Crippen LogP contribution in [0.25, 0.3) is 0 Å². The Balaban J connectivity index is 2.63. The van der Waals surface area contributed by atoms with E-state index in [2.05, 4.69) is 10.0 Å². The Labute approximate surface area is 119 Å². The molecule has 0 saturated heterocycles. The first-order valence-corrected chi connectivity index (χ1v) is 8.65. The summed E-state index contributed by atoms with van der Waals surface area (Å²) in [5, 5.41) is 5.04. The number of methoxy groups -OCH3 is 1. The molecule has 19 heavy (non-hydrogen) atoms. The number of hydrogen-bond donors (Lipinski definition) is 2. The zero-order chi connectivity index (χ0) is 14.3. The van der Waals surface area contributed by atoms with E-state index in [1.807, 2.05) is 19.2 Å². The van der Waals surface area contributed by atoms with Crippen LogP contribution >= 0.6 is 11.3 Å². The van der Waals surface area contributed by atoms with Crippen molar-refractivity contribution in [3.8, 4) is 0 Å². The Morgan fingerprint density at radius 1 is 1.47 bits per heavy atom. The number of rotatable bonds is 9. The van der Waals surface area contributed by atoms with Crippen LogP contribution in [-0.2, 0) is 21.3 Å². The maximum absolute atomic E-state index is 12.1. The van der Waals surface area contributed by atoms with Gasteiger partial charge in [0.1, 0.15) is 4.21 Å². The van der Waals surface area contributed by atoms with Gasteiger partial charge in [-0.05, 0) is 36.9 Å². The number of ether oxygens (including phenoxy) is 1. The summed E-state index contributed by atoms with van der Waals surface area (Å²) in [6.45, 7) is 5.96. The molecule has 1 unspecified atom stereocenters. The van der Waals surface area contributed by atoms with Gasteiger partial charge in [-0.2, -0.15) is 0 Å². The van der Waals surface area contributed by atoms with Gasteiger partial charge in [0.25, 0.3) is 0 Å². The minimum atomic E-state index is -3.41. The first-order valence-electron chi connectivity index (χ1n) is 6.29. The largest absolute Gasteiger partial charge is 0.385 e. The molecule has 1 atom stereocenters. The molecule has 0 bridgehead atoms. The molecule has 1 heterocycles. The minimum absolute atomic E-state index is 0.135. The molecular weight excluding hydrogens is 284 g/mol. The Morgan fingerprint density at radius 3 is 2.84 bits per heavy atom. The third-order valence-corrected chi connectivity index (χ3v) is 5.66. The molecule has 0 fully saturated rings. The van der Waals surface area contributed by atoms with Gasteiger partial charge in [0, 0.05) is 26.3 Å². The number of thiophene rings is 1. The van der Waals surface area contributed by atoms with E-state index in [-0.39, 0.29) is 6.04 Å². The van der Waals surface area contributed by atoms with E-state index < -0.39 is 10.0 Å². The van der Waals surface area contributed by atoms with Crippen LogP contribution in [0.3, 0.4) is 0 Å². The van der Waals surface area contributed by atoms with Gasteiger partial charge in [-0.15, -0.1) is 11.3 Å². The standard InChI is InChI=1S/C12H22N2O3S2/c1-4-13-8-11-7-12(18-9-11)19(15,16)14-10(2)5-6-17-3/h7,9-10,13-14H,4-6,8H2,1-3H3. The van der Waals surface area contributed by atoms with Gasteiger partial charge < -0.3 is 10.1 Å². The fraction of sp³-hybridized carbons (Fsp3) is 0.667. The first-order chi connectivity index (χ1) is 8.99. The van der Waals surface area contributed by atoms with Crippen LogP contribution in [0.5, 0.6) is 0 Å². The van der Waals surface area contributed by atoms with Gasteiger partial charge in [0.15, 0.2) is 0 Å². The molecule has 0 radical (unpaired) electrons. The molecule has 2 N–H and O–H groups in total. The quantitative estimate of drug-likeness (QED) is 0.726. The van der Waals surface area contributed by atoms with Gasteiger partial charge in [-0.25, -0.2) is 13.1 Å². The van der Waals surface area contributed by atoms with E-state index in [1.165, 1.54) is 11.3 Å². The molecule has 5 nitrogen and oxygen atoms in total. The van der Waals surface area contributed by atoms with Crippen LogP contribution in [0, 0.1) is 0 Å². The van der Waals surface area contributed by atoms with Crippen LogP contribution in [0.4, 0.5) is 0 Å². The van der Waals surface area contributed by atoms with Crippen molar-refractivity contribution in [2.45, 2.75) is 37.1 Å². The van der Waals surface area contributed by atoms with Crippen LogP contribution in [0.2, 0.25) is 0 Å². The monoisotopic (exact) mass is 306 g/mol. The second-order valence-electron chi connectivity index (χ2n) is 4.36. The third kappa shape index (κ3) is 5.58. The minimum Gasteiger partial charge on any atom is -0.385 e. The van der Waals surface area contributed by atoms with Crippen molar-refractivity contribution >= 4 is 21.4 Å². The van der Waals surface area contributed by atoms with E-state index in [0.717, 1.165) is 12.1 Å². The number of hydrogen-bond acceptors (Lipinski definition) is 5. The lowest BCUT2D eigenvalue weighted by Crippen LogP contribution is -2.32. The highest BCUT2D eigenvalue weighted by molar-refractivity contribution is 7.91. The topological polar surface area (TPSA) is 67.4 Å². The SMILES string of the molecule is CCNCc1csc(S(=O)(=O)NC(C)CCOC)c1. The molecule has 1 aromatic heterocycles. The molecular formula is C12H22N2O3S2. The molecule has 0 spiro atoms. The van der Waals surface area contributed by atoms with Crippen molar-refractivity contribution < 1.29 is 13.2 Å². The van der Waals surface area contributed by atoms with Crippen molar-refractivity contribution in [1.29, 1.82) is 0 Å². The van der Waals surface area contributed by atoms with E-state index in [4.69, 9.17) is 4.74 Å². The van der Waals surface area contributed by atoms with E-state index in [9.17, 15) is 8.42 Å². The lowest BCUT2D eigenvalue weighted by Gasteiger charge is -2.12. The summed E-state index contributed by atoms with van der Waals surface area (Å²) in [6, 6.07) is 1.59. The summed E-state index contributed by atoms with van der Waals surface area (Å²) in [6.07, 6.45) is 0.658. The zero-order valence-corrected chi connectivity index (χ0v) is 13.2. The molecule has 0 aliphatic rings. The number of sulfonamides is 1. The first kappa shape index (κ1) is 16.6. The fourth-order valence-electron chi connectivity index (χ4n) is 1.53. The van der Waals surface area contributed by atoms with E-state index in [0.29, 0.717) is 23.8 Å². The Hall–Kier alpha value is -0.470. The van der Waals surface area contributed by atoms with Crippen molar-refractivity contribution in [3.05, 3.63) is 17.0 Å². The summed E-state index contributed by atoms with van der Waals surface area (Å²) in [4.78, 5) is 0. The molecule has 0 aliphatic heterocycles. The van der Waals surface area contributed by atoms with Gasteiger partial charge in [0.2, 0.25) is 10.0 Å². The van der Waals surface area contributed by atoms with Crippen molar-refractivity contribution in [2.24, 2.45) is 0 Å². The Morgan fingerprint density at radius 2 is 2.21 bits per heavy atom. The lowest BCUT2D eigenvalue weighted by molar-refractivity contribution is 0.188. The fourth-order valence-corrected chi connectivity index (χ4v) is 4.04. The Bertz CT molecular complexity index is 471. The van der Waals surface area contributed by atoms with Crippen LogP contribution in [0.1, 0.15) is 25.8 Å².